The van der Waals surface area contributed by atoms with Crippen LogP contribution in [0.5, 0.6) is 0 Å². The zero-order valence-electron chi connectivity index (χ0n) is 5.36. The lowest BCUT2D eigenvalue weighted by atomic mass is 9.93. The van der Waals surface area contributed by atoms with Crippen LogP contribution in [0, 0.1) is 0 Å². The Morgan fingerprint density at radius 2 is 1.36 bits per heavy atom. The minimum Gasteiger partial charge on any atom is -0.377 e. The minimum absolute atomic E-state index is 0.700. The Balaban J connectivity index is 2.96. The molecule has 1 rings (SSSR count). The van der Waals surface area contributed by atoms with Crippen molar-refractivity contribution in [1.29, 1.82) is 0 Å². The lowest BCUT2D eigenvalue weighted by molar-refractivity contribution is -0.155. The van der Waals surface area contributed by atoms with Crippen molar-refractivity contribution in [2.45, 2.75) is 12.5 Å². The second kappa shape index (κ2) is 2.35. The molecular formula is C6H4O5. The summed E-state index contributed by atoms with van der Waals surface area (Å²) in [5.41, 5.74) is 0. The van der Waals surface area contributed by atoms with E-state index in [4.69, 9.17) is 5.11 Å². The Labute approximate surface area is 61.0 Å². The van der Waals surface area contributed by atoms with Crippen molar-refractivity contribution in [1.82, 2.24) is 0 Å². The average molecular weight is 156 g/mol. The summed E-state index contributed by atoms with van der Waals surface area (Å²) in [4.78, 5) is 42.0. The zero-order chi connectivity index (χ0) is 8.59. The molecule has 0 aromatic carbocycles. The van der Waals surface area contributed by atoms with Gasteiger partial charge in [0, 0.05) is 0 Å². The predicted molar refractivity (Wildman–Crippen MR) is 30.7 cm³/mol. The van der Waals surface area contributed by atoms with Crippen molar-refractivity contribution in [2.75, 3.05) is 0 Å². The largest absolute Gasteiger partial charge is 0.377 e. The molecular weight excluding hydrogens is 152 g/mol. The summed E-state index contributed by atoms with van der Waals surface area (Å²) < 4.78 is 0. The number of hydrogen-bond acceptors (Lipinski definition) is 5. The molecule has 0 aliphatic heterocycles. The van der Waals surface area contributed by atoms with Gasteiger partial charge in [-0.1, -0.05) is 0 Å². The summed E-state index contributed by atoms with van der Waals surface area (Å²) in [6, 6.07) is 0. The molecule has 1 aliphatic rings. The van der Waals surface area contributed by atoms with E-state index in [0.29, 0.717) is 0 Å². The van der Waals surface area contributed by atoms with Crippen LogP contribution in [-0.2, 0) is 19.2 Å². The first-order chi connectivity index (χ1) is 5.04. The van der Waals surface area contributed by atoms with Crippen LogP contribution >= 0.6 is 0 Å². The number of carbonyl (C=O) groups is 4. The van der Waals surface area contributed by atoms with Gasteiger partial charge in [-0.25, -0.2) is 0 Å². The third-order valence-electron chi connectivity index (χ3n) is 1.37. The molecule has 5 heteroatoms. The monoisotopic (exact) mass is 156 g/mol. The highest BCUT2D eigenvalue weighted by Gasteiger charge is 2.40. The molecule has 0 bridgehead atoms. The van der Waals surface area contributed by atoms with E-state index in [0.717, 1.165) is 0 Å². The fraction of sp³-hybridized carbons (Fsp3) is 0.333. The second-order valence-corrected chi connectivity index (χ2v) is 2.15. The molecule has 0 saturated heterocycles. The molecule has 0 aromatic heterocycles. The minimum atomic E-state index is -2.05. The zero-order valence-corrected chi connectivity index (χ0v) is 5.36. The Bertz CT molecular complexity index is 238. The first kappa shape index (κ1) is 7.74. The molecule has 1 N–H and O–H groups in total. The van der Waals surface area contributed by atoms with Gasteiger partial charge >= 0.3 is 0 Å². The van der Waals surface area contributed by atoms with Crippen LogP contribution in [0.1, 0.15) is 6.42 Å². The predicted octanol–water partition coefficient (Wildman–Crippen LogP) is -1.97. The third kappa shape index (κ3) is 1.10. The van der Waals surface area contributed by atoms with Gasteiger partial charge in [0.25, 0.3) is 0 Å². The molecule has 0 amide bonds. The highest BCUT2D eigenvalue weighted by atomic mass is 16.3. The van der Waals surface area contributed by atoms with E-state index in [-0.39, 0.29) is 0 Å². The number of ketones is 4. The van der Waals surface area contributed by atoms with Crippen LogP contribution in [-0.4, -0.2) is 34.3 Å². The van der Waals surface area contributed by atoms with Gasteiger partial charge in [0.2, 0.25) is 23.1 Å². The van der Waals surface area contributed by atoms with Crippen molar-refractivity contribution < 1.29 is 24.3 Å². The quantitative estimate of drug-likeness (QED) is 0.324. The van der Waals surface area contributed by atoms with Crippen molar-refractivity contribution in [2.24, 2.45) is 0 Å². The maximum Gasteiger partial charge on any atom is 0.235 e. The van der Waals surface area contributed by atoms with E-state index in [1.807, 2.05) is 0 Å². The Kier molecular flexibility index (Phi) is 1.66. The molecule has 0 heterocycles. The van der Waals surface area contributed by atoms with E-state index in [9.17, 15) is 19.2 Å². The molecule has 5 nitrogen and oxygen atoms in total. The van der Waals surface area contributed by atoms with Gasteiger partial charge in [-0.15, -0.1) is 0 Å². The van der Waals surface area contributed by atoms with Crippen LogP contribution in [0.2, 0.25) is 0 Å². The van der Waals surface area contributed by atoms with Crippen LogP contribution < -0.4 is 0 Å². The Hall–Kier alpha value is -1.36. The molecule has 1 saturated carbocycles. The molecule has 0 spiro atoms. The van der Waals surface area contributed by atoms with Gasteiger partial charge < -0.3 is 5.11 Å². The normalized spacial score (nSPS) is 21.2. The van der Waals surface area contributed by atoms with Gasteiger partial charge in [-0.3, -0.25) is 19.2 Å². The number of carbonyl (C=O) groups excluding carboxylic acids is 4. The van der Waals surface area contributed by atoms with Crippen molar-refractivity contribution >= 4 is 23.1 Å². The summed E-state index contributed by atoms with van der Waals surface area (Å²) in [5.74, 6) is -4.37. The number of rotatable bonds is 0. The Morgan fingerprint density at radius 3 is 1.73 bits per heavy atom. The molecule has 0 radical (unpaired) electrons. The summed E-state index contributed by atoms with van der Waals surface area (Å²) in [7, 11) is 0. The standard InChI is InChI=1S/C6H4O5/c7-2-1-3(8)5(10)6(11)4(2)9/h6,11H,1H2. The van der Waals surface area contributed by atoms with E-state index >= 15 is 0 Å². The van der Waals surface area contributed by atoms with E-state index < -0.39 is 35.7 Å². The number of Topliss-reactive ketones (excluding diaryl/α,β-unsaturated/α-hetero) is 4. The SMILES string of the molecule is O=C1CC(=O)C(=O)C(O)C1=O. The molecule has 0 unspecified atom stereocenters. The first-order valence-electron chi connectivity index (χ1n) is 2.86. The van der Waals surface area contributed by atoms with Crippen molar-refractivity contribution in [3.05, 3.63) is 0 Å². The van der Waals surface area contributed by atoms with Crippen LogP contribution in [0.25, 0.3) is 0 Å². The van der Waals surface area contributed by atoms with Crippen molar-refractivity contribution in [3.8, 4) is 0 Å². The first-order valence-corrected chi connectivity index (χ1v) is 2.86. The Morgan fingerprint density at radius 1 is 1.00 bits per heavy atom. The summed E-state index contributed by atoms with van der Waals surface area (Å²) >= 11 is 0. The topological polar surface area (TPSA) is 88.5 Å². The average Bonchev–Trinajstić information content (AvgIpc) is 1.97. The molecule has 1 aliphatic carbocycles. The second-order valence-electron chi connectivity index (χ2n) is 2.15. The molecule has 1 fully saturated rings. The van der Waals surface area contributed by atoms with Crippen LogP contribution in [0.15, 0.2) is 0 Å². The van der Waals surface area contributed by atoms with E-state index in [2.05, 4.69) is 0 Å². The fourth-order valence-electron chi connectivity index (χ4n) is 0.744. The molecule has 58 valence electrons. The number of aliphatic hydroxyl groups excluding tert-OH is 1. The smallest absolute Gasteiger partial charge is 0.235 e. The fourth-order valence-corrected chi connectivity index (χ4v) is 0.744. The lowest BCUT2D eigenvalue weighted by Crippen LogP contribution is -2.45. The van der Waals surface area contributed by atoms with Gasteiger partial charge in [0.1, 0.15) is 0 Å². The summed E-state index contributed by atoms with van der Waals surface area (Å²) in [5, 5.41) is 8.65. The molecule has 11 heavy (non-hydrogen) atoms. The highest BCUT2D eigenvalue weighted by molar-refractivity contribution is 6.60. The maximum absolute atomic E-state index is 10.5. The molecule has 0 aromatic rings. The third-order valence-corrected chi connectivity index (χ3v) is 1.37. The summed E-state index contributed by atoms with van der Waals surface area (Å²) in [6.07, 6.45) is -2.75. The lowest BCUT2D eigenvalue weighted by Gasteiger charge is -2.10. The number of hydrogen-bond donors (Lipinski definition) is 1. The van der Waals surface area contributed by atoms with Crippen LogP contribution in [0.4, 0.5) is 0 Å². The molecule has 0 atom stereocenters. The van der Waals surface area contributed by atoms with Crippen LogP contribution in [0.3, 0.4) is 0 Å². The van der Waals surface area contributed by atoms with Crippen molar-refractivity contribution in [3.63, 3.8) is 0 Å². The van der Waals surface area contributed by atoms with Gasteiger partial charge in [-0.05, 0) is 0 Å². The number of aliphatic hydroxyl groups is 1. The van der Waals surface area contributed by atoms with E-state index in [1.54, 1.807) is 0 Å². The summed E-state index contributed by atoms with van der Waals surface area (Å²) in [6.45, 7) is 0. The van der Waals surface area contributed by atoms with Gasteiger partial charge in [0.05, 0.1) is 6.42 Å². The van der Waals surface area contributed by atoms with E-state index in [1.165, 1.54) is 0 Å². The highest BCUT2D eigenvalue weighted by Crippen LogP contribution is 2.04. The maximum atomic E-state index is 10.5. The van der Waals surface area contributed by atoms with Gasteiger partial charge in [0.15, 0.2) is 6.10 Å². The van der Waals surface area contributed by atoms with Gasteiger partial charge in [-0.2, -0.15) is 0 Å².